The van der Waals surface area contributed by atoms with E-state index in [0.717, 1.165) is 31.7 Å². The van der Waals surface area contributed by atoms with E-state index in [4.69, 9.17) is 5.11 Å². The number of aliphatic carboxylic acids is 1. The molecule has 17 heavy (non-hydrogen) atoms. The van der Waals surface area contributed by atoms with Gasteiger partial charge in [-0.2, -0.15) is 11.8 Å². The summed E-state index contributed by atoms with van der Waals surface area (Å²) in [5, 5.41) is 9.11. The summed E-state index contributed by atoms with van der Waals surface area (Å²) >= 11 is 1.65. The molecule has 0 saturated carbocycles. The molecule has 1 amide bonds. The van der Waals surface area contributed by atoms with Crippen LogP contribution in [0.25, 0.3) is 0 Å². The summed E-state index contributed by atoms with van der Waals surface area (Å²) in [4.78, 5) is 26.7. The van der Waals surface area contributed by atoms with Crippen molar-refractivity contribution >= 4 is 23.6 Å². The predicted molar refractivity (Wildman–Crippen MR) is 66.1 cm³/mol. The molecule has 0 aromatic heterocycles. The average Bonchev–Trinajstić information content (AvgIpc) is 2.83. The molecule has 2 saturated heterocycles. The van der Waals surface area contributed by atoms with Crippen LogP contribution in [0, 0.1) is 0 Å². The number of carbonyl (C=O) groups excluding carboxylic acids is 1. The number of thioether (sulfide) groups is 1. The van der Waals surface area contributed by atoms with Crippen molar-refractivity contribution in [2.45, 2.75) is 18.9 Å². The van der Waals surface area contributed by atoms with Gasteiger partial charge in [-0.1, -0.05) is 0 Å². The fourth-order valence-corrected chi connectivity index (χ4v) is 3.40. The lowest BCUT2D eigenvalue weighted by Crippen LogP contribution is -2.51. The van der Waals surface area contributed by atoms with Gasteiger partial charge in [-0.15, -0.1) is 0 Å². The molecule has 0 aromatic rings. The molecule has 0 spiro atoms. The van der Waals surface area contributed by atoms with Crippen LogP contribution in [0.15, 0.2) is 0 Å². The highest BCUT2D eigenvalue weighted by Gasteiger charge is 2.31. The highest BCUT2D eigenvalue weighted by molar-refractivity contribution is 7.99. The molecule has 0 radical (unpaired) electrons. The zero-order valence-electron chi connectivity index (χ0n) is 9.80. The van der Waals surface area contributed by atoms with E-state index < -0.39 is 12.0 Å². The van der Waals surface area contributed by atoms with Crippen LogP contribution in [0.4, 0.5) is 0 Å². The first-order chi connectivity index (χ1) is 8.18. The molecule has 0 aromatic carbocycles. The van der Waals surface area contributed by atoms with Crippen molar-refractivity contribution in [1.82, 2.24) is 9.80 Å². The molecule has 2 fully saturated rings. The maximum Gasteiger partial charge on any atom is 0.321 e. The topological polar surface area (TPSA) is 60.9 Å². The molecule has 1 atom stereocenters. The van der Waals surface area contributed by atoms with Crippen LogP contribution >= 0.6 is 11.8 Å². The molecule has 2 aliphatic heterocycles. The summed E-state index contributed by atoms with van der Waals surface area (Å²) in [5.41, 5.74) is 0. The lowest BCUT2D eigenvalue weighted by molar-refractivity contribution is -0.143. The Balaban J connectivity index is 1.90. The number of carboxylic acids is 1. The summed E-state index contributed by atoms with van der Waals surface area (Å²) in [6.45, 7) is 2.62. The third-order valence-corrected chi connectivity index (χ3v) is 4.34. The minimum absolute atomic E-state index is 0.0839. The fraction of sp³-hybridized carbons (Fsp3) is 0.818. The second-order valence-corrected chi connectivity index (χ2v) is 5.64. The van der Waals surface area contributed by atoms with Crippen molar-refractivity contribution in [3.05, 3.63) is 0 Å². The van der Waals surface area contributed by atoms with E-state index in [1.54, 1.807) is 16.7 Å². The Labute approximate surface area is 105 Å². The van der Waals surface area contributed by atoms with Gasteiger partial charge in [-0.3, -0.25) is 14.5 Å². The van der Waals surface area contributed by atoms with Crippen LogP contribution < -0.4 is 0 Å². The first-order valence-corrected chi connectivity index (χ1v) is 7.16. The summed E-state index contributed by atoms with van der Waals surface area (Å²) in [5.74, 6) is 0.770. The van der Waals surface area contributed by atoms with E-state index in [9.17, 15) is 9.59 Å². The number of amides is 1. The smallest absolute Gasteiger partial charge is 0.321 e. The van der Waals surface area contributed by atoms with Crippen LogP contribution in [-0.4, -0.2) is 70.5 Å². The number of rotatable bonds is 3. The molecular formula is C11H18N2O3S. The number of hydrogen-bond donors (Lipinski definition) is 1. The first kappa shape index (κ1) is 12.7. The molecule has 2 aliphatic rings. The molecule has 0 bridgehead atoms. The summed E-state index contributed by atoms with van der Waals surface area (Å²) in [7, 11) is 0. The standard InChI is InChI=1S/C11H18N2O3S/c14-10(12-3-1-2-4-12)7-13-5-6-17-8-9(13)11(15)16/h9H,1-8H2,(H,15,16). The van der Waals surface area contributed by atoms with Gasteiger partial charge in [-0.25, -0.2) is 0 Å². The van der Waals surface area contributed by atoms with E-state index in [1.165, 1.54) is 0 Å². The summed E-state index contributed by atoms with van der Waals surface area (Å²) < 4.78 is 0. The van der Waals surface area contributed by atoms with Crippen molar-refractivity contribution in [2.75, 3.05) is 37.7 Å². The predicted octanol–water partition coefficient (Wildman–Crippen LogP) is 0.111. The van der Waals surface area contributed by atoms with Gasteiger partial charge < -0.3 is 10.0 Å². The van der Waals surface area contributed by atoms with E-state index in [2.05, 4.69) is 0 Å². The van der Waals surface area contributed by atoms with Crippen LogP contribution in [0.2, 0.25) is 0 Å². The lowest BCUT2D eigenvalue weighted by atomic mass is 10.2. The number of hydrogen-bond acceptors (Lipinski definition) is 4. The fourth-order valence-electron chi connectivity index (χ4n) is 2.30. The molecule has 1 unspecified atom stereocenters. The van der Waals surface area contributed by atoms with Gasteiger partial charge in [0, 0.05) is 31.1 Å². The maximum absolute atomic E-state index is 12.0. The minimum Gasteiger partial charge on any atom is -0.480 e. The Morgan fingerprint density at radius 1 is 1.24 bits per heavy atom. The van der Waals surface area contributed by atoms with Crippen molar-refractivity contribution in [3.63, 3.8) is 0 Å². The number of nitrogens with zero attached hydrogens (tertiary/aromatic N) is 2. The zero-order valence-corrected chi connectivity index (χ0v) is 10.6. The Bertz CT molecular complexity index is 305. The van der Waals surface area contributed by atoms with Gasteiger partial charge in [0.25, 0.3) is 0 Å². The molecule has 5 nitrogen and oxygen atoms in total. The van der Waals surface area contributed by atoms with E-state index >= 15 is 0 Å². The molecule has 96 valence electrons. The molecule has 1 N–H and O–H groups in total. The second kappa shape index (κ2) is 5.73. The third-order valence-electron chi connectivity index (χ3n) is 3.32. The Hall–Kier alpha value is -0.750. The summed E-state index contributed by atoms with van der Waals surface area (Å²) in [6.07, 6.45) is 2.15. The molecule has 6 heteroatoms. The Morgan fingerprint density at radius 2 is 1.94 bits per heavy atom. The monoisotopic (exact) mass is 258 g/mol. The first-order valence-electron chi connectivity index (χ1n) is 6.01. The SMILES string of the molecule is O=C(O)C1CSCCN1CC(=O)N1CCCC1. The van der Waals surface area contributed by atoms with Crippen molar-refractivity contribution in [1.29, 1.82) is 0 Å². The van der Waals surface area contributed by atoms with Crippen molar-refractivity contribution in [2.24, 2.45) is 0 Å². The van der Waals surface area contributed by atoms with Crippen molar-refractivity contribution in [3.8, 4) is 0 Å². The van der Waals surface area contributed by atoms with Crippen LogP contribution in [0.5, 0.6) is 0 Å². The lowest BCUT2D eigenvalue weighted by Gasteiger charge is -2.32. The number of likely N-dealkylation sites (tertiary alicyclic amines) is 1. The minimum atomic E-state index is -0.813. The van der Waals surface area contributed by atoms with Gasteiger partial charge in [-0.05, 0) is 12.8 Å². The zero-order chi connectivity index (χ0) is 12.3. The van der Waals surface area contributed by atoms with E-state index in [0.29, 0.717) is 12.3 Å². The van der Waals surface area contributed by atoms with Gasteiger partial charge >= 0.3 is 5.97 Å². The molecule has 2 rings (SSSR count). The van der Waals surface area contributed by atoms with Gasteiger partial charge in [0.2, 0.25) is 5.91 Å². The van der Waals surface area contributed by atoms with Crippen LogP contribution in [0.1, 0.15) is 12.8 Å². The third kappa shape index (κ3) is 3.13. The highest BCUT2D eigenvalue weighted by Crippen LogP contribution is 2.17. The van der Waals surface area contributed by atoms with Gasteiger partial charge in [0.15, 0.2) is 0 Å². The summed E-state index contributed by atoms with van der Waals surface area (Å²) in [6, 6.07) is -0.500. The average molecular weight is 258 g/mol. The second-order valence-electron chi connectivity index (χ2n) is 4.49. The number of carboxylic acid groups (broad SMARTS) is 1. The normalized spacial score (nSPS) is 26.1. The van der Waals surface area contributed by atoms with Crippen molar-refractivity contribution < 1.29 is 14.7 Å². The van der Waals surface area contributed by atoms with E-state index in [1.807, 2.05) is 4.90 Å². The van der Waals surface area contributed by atoms with Gasteiger partial charge in [0.1, 0.15) is 6.04 Å². The van der Waals surface area contributed by atoms with E-state index in [-0.39, 0.29) is 12.5 Å². The largest absolute Gasteiger partial charge is 0.480 e. The Morgan fingerprint density at radius 3 is 2.59 bits per heavy atom. The molecule has 2 heterocycles. The van der Waals surface area contributed by atoms with Crippen LogP contribution in [0.3, 0.4) is 0 Å². The number of carbonyl (C=O) groups is 2. The Kier molecular flexibility index (Phi) is 4.28. The highest BCUT2D eigenvalue weighted by atomic mass is 32.2. The quantitative estimate of drug-likeness (QED) is 0.778. The molecular weight excluding hydrogens is 240 g/mol. The maximum atomic E-state index is 12.0. The molecule has 0 aliphatic carbocycles. The van der Waals surface area contributed by atoms with Crippen LogP contribution in [-0.2, 0) is 9.59 Å². The van der Waals surface area contributed by atoms with Gasteiger partial charge in [0.05, 0.1) is 6.54 Å².